The summed E-state index contributed by atoms with van der Waals surface area (Å²) in [6, 6.07) is 0. The smallest absolute Gasteiger partial charge is 0.306 e. The van der Waals surface area contributed by atoms with Gasteiger partial charge in [-0.25, -0.2) is 0 Å². The van der Waals surface area contributed by atoms with Crippen LogP contribution < -0.4 is 5.32 Å². The first-order valence-electron chi connectivity index (χ1n) is 21.5. The maximum absolute atomic E-state index is 14.1. The molecule has 0 radical (unpaired) electrons. The van der Waals surface area contributed by atoms with Gasteiger partial charge in [-0.1, -0.05) is 47.3 Å². The zero-order valence-corrected chi connectivity index (χ0v) is 36.9. The molecule has 0 aromatic rings. The van der Waals surface area contributed by atoms with Gasteiger partial charge >= 0.3 is 23.9 Å². The molecule has 0 aliphatic heterocycles. The molecule has 0 aromatic carbocycles. The Hall–Kier alpha value is -3.54. The van der Waals surface area contributed by atoms with Crippen molar-refractivity contribution in [3.63, 3.8) is 0 Å². The highest BCUT2D eigenvalue weighted by atomic mass is 16.6. The summed E-state index contributed by atoms with van der Waals surface area (Å²) >= 11 is 0. The van der Waals surface area contributed by atoms with Crippen molar-refractivity contribution >= 4 is 35.4 Å². The number of carbonyl (C=O) groups excluding carboxylic acids is 5. The first-order valence-corrected chi connectivity index (χ1v) is 21.5. The lowest BCUT2D eigenvalue weighted by Crippen LogP contribution is -2.56. The molecule has 0 heterocycles. The zero-order chi connectivity index (χ0) is 46.0. The number of likely N-dealkylation sites (N-methyl/N-ethyl adjacent to an activating group) is 1. The van der Waals surface area contributed by atoms with E-state index in [1.54, 1.807) is 14.0 Å². The Labute approximate surface area is 358 Å². The van der Waals surface area contributed by atoms with Crippen LogP contribution in [0.15, 0.2) is 24.3 Å². The van der Waals surface area contributed by atoms with Crippen LogP contribution in [-0.2, 0) is 43.0 Å². The fourth-order valence-corrected chi connectivity index (χ4v) is 12.3. The molecule has 0 saturated heterocycles. The molecule has 0 amide bonds. The molecule has 4 fully saturated rings. The van der Waals surface area contributed by atoms with Crippen molar-refractivity contribution in [2.45, 2.75) is 136 Å². The summed E-state index contributed by atoms with van der Waals surface area (Å²) in [6.07, 6.45) is 1.54. The molecular formula is C45H69NO15. The lowest BCUT2D eigenvalue weighted by molar-refractivity contribution is -0.166. The van der Waals surface area contributed by atoms with Gasteiger partial charge in [-0.05, 0) is 90.7 Å². The summed E-state index contributed by atoms with van der Waals surface area (Å²) in [5.41, 5.74) is -0.358. The van der Waals surface area contributed by atoms with E-state index in [1.807, 2.05) is 13.0 Å². The first-order chi connectivity index (χ1) is 28.4. The van der Waals surface area contributed by atoms with Crippen LogP contribution in [0, 0.1) is 57.2 Å². The normalized spacial score (nSPS) is 35.4. The van der Waals surface area contributed by atoms with Gasteiger partial charge in [-0.3, -0.25) is 28.8 Å². The number of hydrogen-bond donors (Lipinski definition) is 7. The summed E-state index contributed by atoms with van der Waals surface area (Å²) in [4.78, 5) is 74.7. The number of carboxylic acids is 1. The maximum Gasteiger partial charge on any atom is 0.306 e. The summed E-state index contributed by atoms with van der Waals surface area (Å²) in [6.45, 7) is 16.1. The van der Waals surface area contributed by atoms with Crippen molar-refractivity contribution in [2.24, 2.45) is 57.2 Å². The van der Waals surface area contributed by atoms with E-state index in [2.05, 4.69) is 38.7 Å². The molecule has 5 aliphatic carbocycles. The van der Waals surface area contributed by atoms with Gasteiger partial charge in [0.05, 0.1) is 32.2 Å². The van der Waals surface area contributed by atoms with Crippen LogP contribution in [0.2, 0.25) is 0 Å². The Balaban J connectivity index is 0.000000544. The van der Waals surface area contributed by atoms with Crippen molar-refractivity contribution in [2.75, 3.05) is 26.8 Å². The molecule has 0 aromatic heterocycles. The van der Waals surface area contributed by atoms with Crippen LogP contribution in [0.4, 0.5) is 0 Å². The predicted molar refractivity (Wildman–Crippen MR) is 219 cm³/mol. The van der Waals surface area contributed by atoms with E-state index in [9.17, 15) is 33.9 Å². The van der Waals surface area contributed by atoms with Gasteiger partial charge < -0.3 is 50.2 Å². The van der Waals surface area contributed by atoms with Crippen LogP contribution in [0.5, 0.6) is 0 Å². The average Bonchev–Trinajstić information content (AvgIpc) is 3.81. The Morgan fingerprint density at radius 3 is 2.16 bits per heavy atom. The topological polar surface area (TPSA) is 264 Å². The number of fused-ring (bicyclic) bond motifs is 2. The van der Waals surface area contributed by atoms with Gasteiger partial charge in [0.1, 0.15) is 24.4 Å². The fraction of sp³-hybridized carbons (Fsp3) is 0.778. The van der Waals surface area contributed by atoms with Crippen LogP contribution in [0.1, 0.15) is 99.8 Å². The molecule has 5 aliphatic rings. The molecule has 344 valence electrons. The monoisotopic (exact) mass is 863 g/mol. The van der Waals surface area contributed by atoms with Gasteiger partial charge in [0.25, 0.3) is 0 Å². The molecule has 0 bridgehead atoms. The summed E-state index contributed by atoms with van der Waals surface area (Å²) in [7, 11) is 1.57. The van der Waals surface area contributed by atoms with E-state index < -0.39 is 84.7 Å². The number of aliphatic hydroxyl groups is 5. The number of rotatable bonds is 18. The third-order valence-electron chi connectivity index (χ3n) is 15.6. The predicted octanol–water partition coefficient (Wildman–Crippen LogP) is 2.30. The molecule has 16 atom stereocenters. The van der Waals surface area contributed by atoms with Crippen LogP contribution >= 0.6 is 0 Å². The van der Waals surface area contributed by atoms with Gasteiger partial charge in [0.2, 0.25) is 0 Å². The number of allylic oxidation sites excluding steroid dienone is 2. The number of aliphatic hydroxyl groups excluding tert-OH is 5. The number of nitrogens with one attached hydrogen (secondary N) is 1. The number of aliphatic carboxylic acids is 1. The third-order valence-corrected chi connectivity index (χ3v) is 15.6. The van der Waals surface area contributed by atoms with Gasteiger partial charge in [0.15, 0.2) is 17.7 Å². The highest BCUT2D eigenvalue weighted by molar-refractivity contribution is 6.00. The largest absolute Gasteiger partial charge is 0.481 e. The Morgan fingerprint density at radius 1 is 0.951 bits per heavy atom. The van der Waals surface area contributed by atoms with Gasteiger partial charge in [-0.2, -0.15) is 0 Å². The van der Waals surface area contributed by atoms with Crippen LogP contribution in [0.25, 0.3) is 0 Å². The number of carbonyl (C=O) groups is 6. The minimum Gasteiger partial charge on any atom is -0.481 e. The number of hydrogen-bond acceptors (Lipinski definition) is 15. The Morgan fingerprint density at radius 2 is 1.59 bits per heavy atom. The minimum absolute atomic E-state index is 0.0147. The van der Waals surface area contributed by atoms with Crippen molar-refractivity contribution in [1.82, 2.24) is 5.32 Å². The average molecular weight is 864 g/mol. The highest BCUT2D eigenvalue weighted by Gasteiger charge is 2.81. The maximum atomic E-state index is 14.1. The molecule has 5 rings (SSSR count). The van der Waals surface area contributed by atoms with E-state index >= 15 is 0 Å². The number of ketones is 2. The summed E-state index contributed by atoms with van der Waals surface area (Å²) in [5.74, 6) is -3.84. The number of Topliss-reactive ketones (excluding diaryl/α,β-unsaturated/α-hetero) is 1. The SMILES string of the molecule is C=C(C(=O)[C@H](OC(C)=O)[C@@H](C)[C@H]1[C@@H](OC(C)=O)C[C@@]2(C)[C@@H]3CC[C@H]4[C@H](C)C(=O)C=C[C@@]45C[C@@]35CC[C@]12C)[C@@H](C)COC(=O)CCC(=O)O.CNC[C@H](O)[C@@H](O)[C@H](O)[C@H](O)CO. The molecule has 7 N–H and O–H groups in total. The Bertz CT molecular complexity index is 1720. The second kappa shape index (κ2) is 19.5. The van der Waals surface area contributed by atoms with E-state index in [1.165, 1.54) is 13.8 Å². The second-order valence-corrected chi connectivity index (χ2v) is 19.0. The molecule has 61 heavy (non-hydrogen) atoms. The number of ether oxygens (including phenoxy) is 3. The van der Waals surface area contributed by atoms with Gasteiger partial charge in [-0.15, -0.1) is 0 Å². The van der Waals surface area contributed by atoms with E-state index in [0.717, 1.165) is 32.1 Å². The quantitative estimate of drug-likeness (QED) is 0.0592. The molecule has 2 spiro atoms. The third kappa shape index (κ3) is 9.54. The molecular weight excluding hydrogens is 794 g/mol. The number of carboxylic acid groups (broad SMARTS) is 1. The van der Waals surface area contributed by atoms with Crippen molar-refractivity contribution in [3.05, 3.63) is 24.3 Å². The van der Waals surface area contributed by atoms with E-state index in [0.29, 0.717) is 18.3 Å². The van der Waals surface area contributed by atoms with Crippen molar-refractivity contribution in [1.29, 1.82) is 0 Å². The van der Waals surface area contributed by atoms with Gasteiger partial charge in [0, 0.05) is 44.1 Å². The van der Waals surface area contributed by atoms with Crippen LogP contribution in [-0.4, -0.2) is 130 Å². The first kappa shape index (κ1) is 50.1. The lowest BCUT2D eigenvalue weighted by atomic mass is 9.43. The van der Waals surface area contributed by atoms with Crippen molar-refractivity contribution in [3.8, 4) is 0 Å². The zero-order valence-electron chi connectivity index (χ0n) is 36.9. The summed E-state index contributed by atoms with van der Waals surface area (Å²) < 4.78 is 17.1. The molecule has 16 nitrogen and oxygen atoms in total. The lowest BCUT2D eigenvalue weighted by Gasteiger charge is -2.61. The standard InChI is InChI=1S/C38H52O10.C7H17NO5/c1-20(18-46-31(44)12-11-30(42)43)21(2)33(45)34(48-25(6)40)23(4)32-28(47-24(5)39)17-36(8)29-10-9-26-22(3)27(41)13-14-37(26)19-38(29,37)16-15-35(32,36)7;1-8-2-4(10)6(12)7(13)5(11)3-9/h13-14,20,22-23,26,28-29,32,34H,2,9-12,15-19H2,1,3-8H3,(H,42,43);4-13H,2-3H2,1H3/t20-,22-,23-,26-,28-,29-,32-,34+,35+,36-,37+,38-;4-,5+,6+,7+/m00/s1. The number of esters is 3. The fourth-order valence-electron chi connectivity index (χ4n) is 12.3. The molecule has 4 saturated carbocycles. The molecule has 16 heteroatoms. The minimum atomic E-state index is -1.55. The van der Waals surface area contributed by atoms with Crippen LogP contribution in [0.3, 0.4) is 0 Å². The molecule has 0 unspecified atom stereocenters. The Kier molecular flexibility index (Phi) is 16.0. The van der Waals surface area contributed by atoms with Crippen molar-refractivity contribution < 1.29 is 73.6 Å². The van der Waals surface area contributed by atoms with E-state index in [-0.39, 0.29) is 70.8 Å². The second-order valence-electron chi connectivity index (χ2n) is 19.0. The summed E-state index contributed by atoms with van der Waals surface area (Å²) in [5, 5.41) is 56.3. The highest BCUT2D eigenvalue weighted by Crippen LogP contribution is 2.87. The van der Waals surface area contributed by atoms with E-state index in [4.69, 9.17) is 39.7 Å².